The molecule has 135 heavy (non-hydrogen) atoms. The number of anilines is 7. The standard InChI is InChI=1S/C24H19F4N3O3S.C23H19F3N4O3S.C23H20F2N4O3S.C22H19F2N5O3S/c1-2-7-35(33,34)31-20-6-5-18(26)22(23(20)28)21(32)9-13-8-15-16(12-30-24(15)29-11-13)14-3-4-17(25)19(27)10-14;1-2-9-34(32,33)30-19-8-7-18(25)20(21(19)26)23(31)29-15-10-16-17(12-28-22(16)27-11-15)13-3-5-14(24)6-4-13;1-2-10-33(31,32)29-19-9-8-18(24)20(21(19)25)23(30)28-15-11-16-17(13-27-22(16)26-12-15)14-6-4-3-5-7-14;1-2-8-33(31,32)29-18-6-5-17(23)19(20(18)24)22(30)28-14-9-15-16(12-27-21(15)26-11-14)13-4-3-7-25-10-13/h3-6,8,10-12,31H,2,7,9H2,1H3,(H,29,30);3-8,10-12,30H,2,9H2,1H3,(H,27,28)(H,29,31);3-9,11-13,29H,2,10H2,1H3,(H,26,27)(H,28,30);3-7,9-12,29H,2,8H2,1H3,(H,26,27)(H,28,30). The highest BCUT2D eigenvalue weighted by Gasteiger charge is 2.30. The minimum absolute atomic E-state index is 0.149. The van der Waals surface area contributed by atoms with Gasteiger partial charge in [0.2, 0.25) is 40.1 Å². The molecule has 0 spiro atoms. The van der Waals surface area contributed by atoms with Crippen LogP contribution in [-0.2, 0) is 46.5 Å². The van der Waals surface area contributed by atoms with Crippen molar-refractivity contribution in [2.24, 2.45) is 0 Å². The van der Waals surface area contributed by atoms with Crippen molar-refractivity contribution < 1.29 is 101 Å². The number of benzene rings is 7. The SMILES string of the molecule is CCCS(=O)(=O)Nc1ccc(F)c(C(=O)Cc2cnc3[nH]cc(-c4ccc(F)c(F)c4)c3c2)c1F.CCCS(=O)(=O)Nc1ccc(F)c(C(=O)Nc2cnc3[nH]cc(-c4ccc(F)cc4)c3c2)c1F.CCCS(=O)(=O)Nc1ccc(F)c(C(=O)Nc2cnc3[nH]cc(-c4ccccc4)c3c2)c1F.CCCS(=O)(=O)Nc1ccc(F)c(C(=O)Nc2cnc3[nH]cc(-c4cccnc4)c3c2)c1F. The van der Waals surface area contributed by atoms with Gasteiger partial charge in [0, 0.05) is 99.2 Å². The van der Waals surface area contributed by atoms with Crippen LogP contribution in [0.2, 0.25) is 0 Å². The van der Waals surface area contributed by atoms with E-state index in [0.29, 0.717) is 91.2 Å². The van der Waals surface area contributed by atoms with Crippen LogP contribution in [0.4, 0.5) is 88.1 Å². The third-order valence-electron chi connectivity index (χ3n) is 20.0. The number of aromatic nitrogens is 9. The molecule has 0 radical (unpaired) electrons. The van der Waals surface area contributed by atoms with Crippen molar-refractivity contribution in [3.8, 4) is 44.5 Å². The summed E-state index contributed by atoms with van der Waals surface area (Å²) >= 11 is 0. The summed E-state index contributed by atoms with van der Waals surface area (Å²) in [5, 5.41) is 9.72. The highest BCUT2D eigenvalue weighted by molar-refractivity contribution is 7.93. The molecule has 9 aromatic heterocycles. The Morgan fingerprint density at radius 1 is 0.319 bits per heavy atom. The molecule has 3 amide bonds. The Labute approximate surface area is 762 Å². The van der Waals surface area contributed by atoms with Gasteiger partial charge in [0.05, 0.1) is 87.0 Å². The van der Waals surface area contributed by atoms with E-state index in [9.17, 15) is 101 Å². The van der Waals surface area contributed by atoms with Gasteiger partial charge in [-0.05, 0) is 151 Å². The molecule has 0 saturated heterocycles. The average molecular weight is 1940 g/mol. The number of pyridine rings is 5. The van der Waals surface area contributed by atoms with Crippen LogP contribution in [-0.4, -0.2) is 125 Å². The Morgan fingerprint density at radius 2 is 0.637 bits per heavy atom. The van der Waals surface area contributed by atoms with E-state index in [1.54, 1.807) is 107 Å². The summed E-state index contributed by atoms with van der Waals surface area (Å²) in [7, 11) is -15.4. The first-order valence-electron chi connectivity index (χ1n) is 40.8. The van der Waals surface area contributed by atoms with E-state index in [0.717, 1.165) is 82.9 Å². The maximum atomic E-state index is 14.9. The second-order valence-electron chi connectivity index (χ2n) is 29.9. The number of H-pyrrole nitrogens is 4. The Balaban J connectivity index is 0.000000152. The van der Waals surface area contributed by atoms with Crippen molar-refractivity contribution >= 4 is 148 Å². The molecular formula is C92H77F11N16O12S4. The van der Waals surface area contributed by atoms with Crippen molar-refractivity contribution in [3.63, 3.8) is 0 Å². The monoisotopic (exact) mass is 1930 g/mol. The van der Waals surface area contributed by atoms with Gasteiger partial charge in [0.15, 0.2) is 40.7 Å². The second-order valence-corrected chi connectivity index (χ2v) is 37.3. The lowest BCUT2D eigenvalue weighted by Gasteiger charge is -2.12. The number of Topliss-reactive ketones (excluding diaryl/α,β-unsaturated/α-hetero) is 1. The molecule has 0 saturated carbocycles. The summed E-state index contributed by atoms with van der Waals surface area (Å²) < 4.78 is 261. The number of aromatic amines is 4. The maximum absolute atomic E-state index is 14.9. The number of hydrogen-bond acceptors (Lipinski definition) is 17. The molecule has 43 heteroatoms. The summed E-state index contributed by atoms with van der Waals surface area (Å²) in [6.45, 7) is 6.56. The zero-order valence-electron chi connectivity index (χ0n) is 71.1. The third kappa shape index (κ3) is 23.3. The van der Waals surface area contributed by atoms with Crippen molar-refractivity contribution in [3.05, 3.63) is 312 Å². The van der Waals surface area contributed by atoms with Crippen molar-refractivity contribution in [2.75, 3.05) is 57.9 Å². The molecule has 0 aliphatic rings. The number of carbonyl (C=O) groups excluding carboxylic acids is 4. The van der Waals surface area contributed by atoms with Crippen molar-refractivity contribution in [2.45, 2.75) is 59.8 Å². The molecule has 698 valence electrons. The highest BCUT2D eigenvalue weighted by atomic mass is 32.2. The molecule has 16 rings (SSSR count). The minimum atomic E-state index is -3.86. The van der Waals surface area contributed by atoms with Gasteiger partial charge < -0.3 is 35.9 Å². The maximum Gasteiger partial charge on any atom is 0.261 e. The fraction of sp³-hybridized carbons (Fsp3) is 0.141. The lowest BCUT2D eigenvalue weighted by atomic mass is 10.00. The van der Waals surface area contributed by atoms with E-state index < -0.39 is 179 Å². The van der Waals surface area contributed by atoms with Crippen LogP contribution in [0.25, 0.3) is 88.6 Å². The summed E-state index contributed by atoms with van der Waals surface area (Å²) in [6.07, 6.45) is 16.1. The molecule has 0 bridgehead atoms. The zero-order chi connectivity index (χ0) is 97.0. The van der Waals surface area contributed by atoms with Crippen molar-refractivity contribution in [1.82, 2.24) is 44.9 Å². The molecular weight excluding hydrogens is 1860 g/mol. The van der Waals surface area contributed by atoms with Gasteiger partial charge in [-0.25, -0.2) is 102 Å². The van der Waals surface area contributed by atoms with Gasteiger partial charge in [0.1, 0.15) is 68.4 Å². The lowest BCUT2D eigenvalue weighted by Crippen LogP contribution is -2.20. The number of carbonyl (C=O) groups is 4. The number of amides is 3. The van der Waals surface area contributed by atoms with Crippen LogP contribution < -0.4 is 34.8 Å². The predicted molar refractivity (Wildman–Crippen MR) is 492 cm³/mol. The summed E-state index contributed by atoms with van der Waals surface area (Å²) in [5.41, 5.74) is 2.84. The Bertz CT molecular complexity index is 7500. The van der Waals surface area contributed by atoms with Crippen molar-refractivity contribution in [1.29, 1.82) is 0 Å². The normalized spacial score (nSPS) is 11.5. The van der Waals surface area contributed by atoms with Crippen LogP contribution in [0.15, 0.2) is 220 Å². The van der Waals surface area contributed by atoms with Crippen LogP contribution in [0, 0.1) is 64.0 Å². The molecule has 28 nitrogen and oxygen atoms in total. The molecule has 7 aromatic carbocycles. The van der Waals surface area contributed by atoms with Gasteiger partial charge in [-0.15, -0.1) is 0 Å². The highest BCUT2D eigenvalue weighted by Crippen LogP contribution is 2.37. The van der Waals surface area contributed by atoms with Gasteiger partial charge in [-0.2, -0.15) is 0 Å². The molecule has 0 aliphatic heterocycles. The topological polar surface area (TPSA) is 417 Å². The molecule has 0 unspecified atom stereocenters. The first-order chi connectivity index (χ1) is 64.3. The molecule has 0 aliphatic carbocycles. The molecule has 11 N–H and O–H groups in total. The summed E-state index contributed by atoms with van der Waals surface area (Å²) in [5.74, 6) is -17.4. The van der Waals surface area contributed by atoms with Crippen LogP contribution in [0.5, 0.6) is 0 Å². The molecule has 9 heterocycles. The first-order valence-corrected chi connectivity index (χ1v) is 47.4. The number of nitrogens with zero attached hydrogens (tertiary/aromatic N) is 5. The predicted octanol–water partition coefficient (Wildman–Crippen LogP) is 19.6. The van der Waals surface area contributed by atoms with E-state index in [2.05, 4.69) is 65.5 Å². The van der Waals surface area contributed by atoms with Crippen LogP contribution in [0.1, 0.15) is 100 Å². The largest absolute Gasteiger partial charge is 0.346 e. The van der Waals surface area contributed by atoms with E-state index >= 15 is 0 Å². The summed E-state index contributed by atoms with van der Waals surface area (Å²) in [6, 6.07) is 35.7. The molecule has 16 aromatic rings. The van der Waals surface area contributed by atoms with Gasteiger partial charge in [-0.3, -0.25) is 43.1 Å². The smallest absolute Gasteiger partial charge is 0.261 e. The van der Waals surface area contributed by atoms with Gasteiger partial charge >= 0.3 is 0 Å². The Hall–Kier alpha value is -15.2. The van der Waals surface area contributed by atoms with E-state index in [1.165, 1.54) is 43.0 Å². The first kappa shape index (κ1) is 97.3. The molecule has 0 fully saturated rings. The van der Waals surface area contributed by atoms with Gasteiger partial charge in [-0.1, -0.05) is 82.3 Å². The number of sulfonamides is 4. The average Bonchev–Trinajstić information content (AvgIpc) is 1.61. The third-order valence-corrected chi connectivity index (χ3v) is 25.9. The number of ketones is 1. The number of rotatable bonds is 29. The Morgan fingerprint density at radius 3 is 1.00 bits per heavy atom. The number of fused-ring (bicyclic) bond motifs is 4. The quantitative estimate of drug-likeness (QED) is 0.0153. The fourth-order valence-electron chi connectivity index (χ4n) is 14.0. The number of halogens is 11. The van der Waals surface area contributed by atoms with E-state index in [4.69, 9.17) is 0 Å². The zero-order valence-corrected chi connectivity index (χ0v) is 74.3. The number of nitrogens with one attached hydrogen (secondary N) is 11. The number of hydrogen-bond donors (Lipinski definition) is 11. The van der Waals surface area contributed by atoms with E-state index in [-0.39, 0.29) is 46.5 Å². The van der Waals surface area contributed by atoms with Gasteiger partial charge in [0.25, 0.3) is 17.7 Å². The van der Waals surface area contributed by atoms with E-state index in [1.807, 2.05) is 50.6 Å². The second kappa shape index (κ2) is 41.7. The van der Waals surface area contributed by atoms with Crippen LogP contribution >= 0.6 is 0 Å². The minimum Gasteiger partial charge on any atom is -0.346 e. The summed E-state index contributed by atoms with van der Waals surface area (Å²) in [4.78, 5) is 83.9. The fourth-order valence-corrected chi connectivity index (χ4v) is 18.5. The molecule has 0 atom stereocenters. The lowest BCUT2D eigenvalue weighted by molar-refractivity contribution is 0.0980. The van der Waals surface area contributed by atoms with Crippen LogP contribution in [0.3, 0.4) is 0 Å². The Kier molecular flexibility index (Phi) is 30.0.